The monoisotopic (exact) mass is 549 g/mol. The van der Waals surface area contributed by atoms with Crippen LogP contribution in [0.25, 0.3) is 66.2 Å². The van der Waals surface area contributed by atoms with Gasteiger partial charge in [0.05, 0.1) is 16.7 Å². The Balaban J connectivity index is 1.49. The van der Waals surface area contributed by atoms with Crippen molar-refractivity contribution in [3.05, 3.63) is 119 Å². The molecular formula is C39H28BN3. The van der Waals surface area contributed by atoms with E-state index in [4.69, 9.17) is 4.98 Å². The minimum Gasteiger partial charge on any atom is -0.310 e. The Morgan fingerprint density at radius 1 is 0.535 bits per heavy atom. The van der Waals surface area contributed by atoms with Crippen molar-refractivity contribution in [2.75, 3.05) is 0 Å². The quantitative estimate of drug-likeness (QED) is 0.197. The first-order valence-corrected chi connectivity index (χ1v) is 15.2. The Morgan fingerprint density at radius 3 is 1.58 bits per heavy atom. The first kappa shape index (κ1) is 23.5. The van der Waals surface area contributed by atoms with Crippen molar-refractivity contribution in [1.29, 1.82) is 0 Å². The highest BCUT2D eigenvalue weighted by atomic mass is 15.0. The third-order valence-corrected chi connectivity index (χ3v) is 9.87. The zero-order valence-corrected chi connectivity index (χ0v) is 24.7. The van der Waals surface area contributed by atoms with Crippen LogP contribution in [0.5, 0.6) is 0 Å². The van der Waals surface area contributed by atoms with Crippen LogP contribution in [-0.2, 0) is 0 Å². The Labute approximate surface area is 250 Å². The summed E-state index contributed by atoms with van der Waals surface area (Å²) in [6, 6.07) is 34.5. The van der Waals surface area contributed by atoms with Crippen LogP contribution in [0.4, 0.5) is 0 Å². The highest BCUT2D eigenvalue weighted by Gasteiger charge is 2.41. The van der Waals surface area contributed by atoms with Gasteiger partial charge in [-0.3, -0.25) is 4.98 Å². The van der Waals surface area contributed by atoms with Crippen molar-refractivity contribution < 1.29 is 0 Å². The molecule has 0 saturated heterocycles. The first-order chi connectivity index (χ1) is 21.0. The average molecular weight is 549 g/mol. The number of aromatic nitrogens is 3. The van der Waals surface area contributed by atoms with E-state index in [0.717, 1.165) is 11.3 Å². The van der Waals surface area contributed by atoms with E-state index in [9.17, 15) is 0 Å². The summed E-state index contributed by atoms with van der Waals surface area (Å²) in [4.78, 5) is 4.82. The lowest BCUT2D eigenvalue weighted by atomic mass is 9.34. The Hall–Kier alpha value is -5.09. The summed E-state index contributed by atoms with van der Waals surface area (Å²) in [6.07, 6.45) is 1.90. The molecule has 0 bridgehead atoms. The van der Waals surface area contributed by atoms with Crippen LogP contribution in [0, 0.1) is 27.7 Å². The minimum absolute atomic E-state index is 0.142. The normalized spacial score (nSPS) is 13.1. The van der Waals surface area contributed by atoms with Crippen LogP contribution < -0.4 is 16.4 Å². The molecule has 3 nitrogen and oxygen atoms in total. The topological polar surface area (TPSA) is 22.8 Å². The second-order valence-electron chi connectivity index (χ2n) is 12.8. The predicted molar refractivity (Wildman–Crippen MR) is 182 cm³/mol. The van der Waals surface area contributed by atoms with E-state index in [1.807, 2.05) is 12.3 Å². The van der Waals surface area contributed by atoms with Gasteiger partial charge in [-0.2, -0.15) is 0 Å². The molecule has 5 aromatic carbocycles. The van der Waals surface area contributed by atoms with Crippen molar-refractivity contribution >= 4 is 66.7 Å². The van der Waals surface area contributed by atoms with E-state index >= 15 is 0 Å². The molecular weight excluding hydrogens is 521 g/mol. The summed E-state index contributed by atoms with van der Waals surface area (Å²) < 4.78 is 5.10. The lowest BCUT2D eigenvalue weighted by Crippen LogP contribution is -2.59. The zero-order valence-electron chi connectivity index (χ0n) is 24.7. The van der Waals surface area contributed by atoms with Crippen molar-refractivity contribution in [3.63, 3.8) is 0 Å². The predicted octanol–water partition coefficient (Wildman–Crippen LogP) is 7.32. The summed E-state index contributed by atoms with van der Waals surface area (Å²) in [5.74, 6) is 0. The van der Waals surface area contributed by atoms with Gasteiger partial charge in [-0.25, -0.2) is 0 Å². The fourth-order valence-electron chi connectivity index (χ4n) is 8.27. The molecule has 10 rings (SSSR count). The number of benzene rings is 5. The van der Waals surface area contributed by atoms with Gasteiger partial charge in [0.25, 0.3) is 6.71 Å². The summed E-state index contributed by atoms with van der Waals surface area (Å²) in [6.45, 7) is 9.05. The van der Waals surface area contributed by atoms with Gasteiger partial charge in [-0.1, -0.05) is 52.6 Å². The summed E-state index contributed by atoms with van der Waals surface area (Å²) >= 11 is 0. The van der Waals surface area contributed by atoms with E-state index < -0.39 is 0 Å². The van der Waals surface area contributed by atoms with E-state index in [1.54, 1.807) is 0 Å². The highest BCUT2D eigenvalue weighted by molar-refractivity contribution is 7.00. The summed E-state index contributed by atoms with van der Waals surface area (Å²) in [5.41, 5.74) is 19.2. The van der Waals surface area contributed by atoms with E-state index in [-0.39, 0.29) is 6.71 Å². The van der Waals surface area contributed by atoms with Gasteiger partial charge >= 0.3 is 0 Å². The number of fused-ring (bicyclic) bond motifs is 10. The van der Waals surface area contributed by atoms with Gasteiger partial charge in [0.2, 0.25) is 0 Å². The Morgan fingerprint density at radius 2 is 1.07 bits per heavy atom. The molecule has 2 aliphatic heterocycles. The molecule has 3 aromatic heterocycles. The molecule has 202 valence electrons. The van der Waals surface area contributed by atoms with Crippen molar-refractivity contribution in [1.82, 2.24) is 14.1 Å². The molecule has 0 radical (unpaired) electrons. The van der Waals surface area contributed by atoms with Gasteiger partial charge in [-0.15, -0.1) is 0 Å². The SMILES string of the molecule is Cc1ccc2c(c1)c1cc(C)cc3c1n2-c1cc(-c2ccccn2)cc2c1B3c1cc(C)cc3c4cc(C)ccc4n-2c13. The second-order valence-corrected chi connectivity index (χ2v) is 12.8. The van der Waals surface area contributed by atoms with E-state index in [1.165, 1.54) is 93.6 Å². The third-order valence-electron chi connectivity index (χ3n) is 9.87. The maximum absolute atomic E-state index is 4.82. The van der Waals surface area contributed by atoms with E-state index in [0.29, 0.717) is 0 Å². The Kier molecular flexibility index (Phi) is 4.28. The van der Waals surface area contributed by atoms with Gasteiger partial charge < -0.3 is 9.13 Å². The number of pyridine rings is 1. The molecule has 0 saturated carbocycles. The van der Waals surface area contributed by atoms with Gasteiger partial charge in [-0.05, 0) is 105 Å². The standard InChI is InChI=1S/C39H28BN3/c1-21-8-10-33-26(13-21)28-15-23(3)17-30-38(28)42(33)35-19-25(32-7-5-6-12-41-32)20-36-37(35)40(30)31-18-24(4)16-29-27-14-22(2)9-11-34(27)43(36)39(29)31/h5-20H,1-4H3. The van der Waals surface area contributed by atoms with Crippen molar-refractivity contribution in [2.24, 2.45) is 0 Å². The fraction of sp³-hybridized carbons (Fsp3) is 0.103. The molecule has 0 atom stereocenters. The maximum atomic E-state index is 4.82. The number of nitrogens with zero attached hydrogens (tertiary/aromatic N) is 3. The molecule has 0 aliphatic carbocycles. The highest BCUT2D eigenvalue weighted by Crippen LogP contribution is 2.41. The summed E-state index contributed by atoms with van der Waals surface area (Å²) in [7, 11) is 0. The zero-order chi connectivity index (χ0) is 28.7. The minimum atomic E-state index is 0.142. The first-order valence-electron chi connectivity index (χ1n) is 15.2. The molecule has 0 fully saturated rings. The van der Waals surface area contributed by atoms with Crippen LogP contribution in [-0.4, -0.2) is 20.8 Å². The van der Waals surface area contributed by atoms with Crippen LogP contribution in [0.1, 0.15) is 22.3 Å². The average Bonchev–Trinajstić information content (AvgIpc) is 3.50. The van der Waals surface area contributed by atoms with Crippen LogP contribution in [0.15, 0.2) is 97.2 Å². The van der Waals surface area contributed by atoms with E-state index in [2.05, 4.69) is 122 Å². The molecule has 5 heterocycles. The maximum Gasteiger partial charge on any atom is 0.252 e. The number of rotatable bonds is 1. The number of hydrogen-bond donors (Lipinski definition) is 0. The number of aryl methyl sites for hydroxylation is 4. The fourth-order valence-corrected chi connectivity index (χ4v) is 8.27. The largest absolute Gasteiger partial charge is 0.310 e. The Bertz CT molecular complexity index is 2390. The lowest BCUT2D eigenvalue weighted by molar-refractivity contribution is 1.14. The van der Waals surface area contributed by atoms with Crippen LogP contribution in [0.2, 0.25) is 0 Å². The molecule has 43 heavy (non-hydrogen) atoms. The third kappa shape index (κ3) is 2.88. The molecule has 0 amide bonds. The van der Waals surface area contributed by atoms with Gasteiger partial charge in [0.1, 0.15) is 0 Å². The van der Waals surface area contributed by atoms with Crippen LogP contribution >= 0.6 is 0 Å². The molecule has 8 aromatic rings. The van der Waals surface area contributed by atoms with Crippen LogP contribution in [0.3, 0.4) is 0 Å². The second kappa shape index (κ2) is 7.84. The van der Waals surface area contributed by atoms with Crippen molar-refractivity contribution in [3.8, 4) is 22.6 Å². The summed E-state index contributed by atoms with van der Waals surface area (Å²) in [5, 5.41) is 5.33. The lowest BCUT2D eigenvalue weighted by Gasteiger charge is -2.34. The molecule has 0 spiro atoms. The van der Waals surface area contributed by atoms with Gasteiger partial charge in [0, 0.05) is 55.7 Å². The smallest absolute Gasteiger partial charge is 0.252 e. The van der Waals surface area contributed by atoms with Crippen molar-refractivity contribution in [2.45, 2.75) is 27.7 Å². The molecule has 4 heteroatoms. The number of hydrogen-bond acceptors (Lipinski definition) is 1. The van der Waals surface area contributed by atoms with Gasteiger partial charge in [0.15, 0.2) is 0 Å². The molecule has 2 aliphatic rings. The molecule has 0 unspecified atom stereocenters. The molecule has 0 N–H and O–H groups in total.